The highest BCUT2D eigenvalue weighted by Crippen LogP contribution is 2.30. The van der Waals surface area contributed by atoms with Crippen molar-refractivity contribution in [2.24, 2.45) is 0 Å². The Labute approximate surface area is 112 Å². The van der Waals surface area contributed by atoms with E-state index in [1.54, 1.807) is 18.4 Å². The maximum Gasteiger partial charge on any atom is 0.119 e. The standard InChI is InChI=1S/C14H18N2OS/c1-3-15-9-12-14(11-7-5-4-6-8-11)18-13(16-12)10-17-2/h4-8,15H,3,9-10H2,1-2H3. The van der Waals surface area contributed by atoms with Crippen LogP contribution in [0.5, 0.6) is 0 Å². The Morgan fingerprint density at radius 3 is 2.72 bits per heavy atom. The summed E-state index contributed by atoms with van der Waals surface area (Å²) in [6.45, 7) is 4.44. The zero-order chi connectivity index (χ0) is 12.8. The first-order chi connectivity index (χ1) is 8.85. The molecule has 0 fully saturated rings. The van der Waals surface area contributed by atoms with Gasteiger partial charge in [-0.15, -0.1) is 11.3 Å². The van der Waals surface area contributed by atoms with E-state index in [0.29, 0.717) is 6.61 Å². The number of nitrogens with zero attached hydrogens (tertiary/aromatic N) is 1. The van der Waals surface area contributed by atoms with E-state index < -0.39 is 0 Å². The summed E-state index contributed by atoms with van der Waals surface area (Å²) in [5, 5.41) is 4.37. The van der Waals surface area contributed by atoms with Crippen LogP contribution in [0, 0.1) is 0 Å². The van der Waals surface area contributed by atoms with Crippen LogP contribution < -0.4 is 5.32 Å². The first-order valence-electron chi connectivity index (χ1n) is 6.08. The second kappa shape index (κ2) is 6.64. The van der Waals surface area contributed by atoms with E-state index in [-0.39, 0.29) is 0 Å². The summed E-state index contributed by atoms with van der Waals surface area (Å²) < 4.78 is 5.16. The van der Waals surface area contributed by atoms with Gasteiger partial charge in [-0.2, -0.15) is 0 Å². The van der Waals surface area contributed by atoms with Gasteiger partial charge in [-0.3, -0.25) is 0 Å². The zero-order valence-electron chi connectivity index (χ0n) is 10.8. The highest BCUT2D eigenvalue weighted by atomic mass is 32.1. The molecule has 1 aromatic carbocycles. The summed E-state index contributed by atoms with van der Waals surface area (Å²) >= 11 is 1.71. The molecular weight excluding hydrogens is 244 g/mol. The summed E-state index contributed by atoms with van der Waals surface area (Å²) in [5.41, 5.74) is 2.34. The van der Waals surface area contributed by atoms with Crippen LogP contribution in [-0.2, 0) is 17.9 Å². The van der Waals surface area contributed by atoms with Crippen molar-refractivity contribution in [3.05, 3.63) is 41.0 Å². The van der Waals surface area contributed by atoms with E-state index >= 15 is 0 Å². The van der Waals surface area contributed by atoms with Crippen LogP contribution in [0.4, 0.5) is 0 Å². The molecule has 2 rings (SSSR count). The van der Waals surface area contributed by atoms with E-state index in [2.05, 4.69) is 41.5 Å². The van der Waals surface area contributed by atoms with Gasteiger partial charge in [-0.1, -0.05) is 37.3 Å². The van der Waals surface area contributed by atoms with E-state index in [1.807, 2.05) is 6.07 Å². The molecule has 1 aromatic heterocycles. The molecule has 0 atom stereocenters. The van der Waals surface area contributed by atoms with Gasteiger partial charge in [0.15, 0.2) is 0 Å². The number of ether oxygens (including phenoxy) is 1. The molecule has 2 aromatic rings. The summed E-state index contributed by atoms with van der Waals surface area (Å²) in [6, 6.07) is 10.4. The van der Waals surface area contributed by atoms with Crippen LogP contribution in [0.2, 0.25) is 0 Å². The van der Waals surface area contributed by atoms with Crippen molar-refractivity contribution >= 4 is 11.3 Å². The lowest BCUT2D eigenvalue weighted by Gasteiger charge is -2.02. The van der Waals surface area contributed by atoms with Crippen molar-refractivity contribution in [2.45, 2.75) is 20.1 Å². The molecule has 1 N–H and O–H groups in total. The molecule has 3 nitrogen and oxygen atoms in total. The Morgan fingerprint density at radius 2 is 2.06 bits per heavy atom. The number of rotatable bonds is 6. The fourth-order valence-electron chi connectivity index (χ4n) is 1.76. The highest BCUT2D eigenvalue weighted by molar-refractivity contribution is 7.15. The maximum absolute atomic E-state index is 5.16. The minimum Gasteiger partial charge on any atom is -0.378 e. The molecule has 0 aliphatic heterocycles. The topological polar surface area (TPSA) is 34.2 Å². The molecule has 0 radical (unpaired) electrons. The predicted molar refractivity (Wildman–Crippen MR) is 75.6 cm³/mol. The van der Waals surface area contributed by atoms with E-state index in [9.17, 15) is 0 Å². The molecule has 0 aliphatic rings. The third-order valence-corrected chi connectivity index (χ3v) is 3.71. The van der Waals surface area contributed by atoms with Gasteiger partial charge in [0.2, 0.25) is 0 Å². The molecular formula is C14H18N2OS. The Bertz CT molecular complexity index is 482. The SMILES string of the molecule is CCNCc1nc(COC)sc1-c1ccccc1. The van der Waals surface area contributed by atoms with E-state index in [4.69, 9.17) is 4.74 Å². The normalized spacial score (nSPS) is 10.8. The van der Waals surface area contributed by atoms with Crippen LogP contribution in [0.15, 0.2) is 30.3 Å². The first kappa shape index (κ1) is 13.2. The average molecular weight is 262 g/mol. The van der Waals surface area contributed by atoms with Gasteiger partial charge in [0.05, 0.1) is 17.2 Å². The molecule has 18 heavy (non-hydrogen) atoms. The van der Waals surface area contributed by atoms with Crippen molar-refractivity contribution in [3.8, 4) is 10.4 Å². The second-order valence-corrected chi connectivity index (χ2v) is 5.05. The largest absolute Gasteiger partial charge is 0.378 e. The van der Waals surface area contributed by atoms with Crippen molar-refractivity contribution in [2.75, 3.05) is 13.7 Å². The van der Waals surface area contributed by atoms with Crippen molar-refractivity contribution in [1.29, 1.82) is 0 Å². The van der Waals surface area contributed by atoms with Crippen LogP contribution in [-0.4, -0.2) is 18.6 Å². The molecule has 0 saturated carbocycles. The summed E-state index contributed by atoms with van der Waals surface area (Å²) in [4.78, 5) is 5.88. The minimum atomic E-state index is 0.580. The molecule has 4 heteroatoms. The van der Waals surface area contributed by atoms with Gasteiger partial charge in [0.25, 0.3) is 0 Å². The third-order valence-electron chi connectivity index (χ3n) is 2.59. The number of hydrogen-bond acceptors (Lipinski definition) is 4. The lowest BCUT2D eigenvalue weighted by atomic mass is 10.1. The molecule has 0 aliphatic carbocycles. The third kappa shape index (κ3) is 3.16. The van der Waals surface area contributed by atoms with Crippen LogP contribution in [0.1, 0.15) is 17.6 Å². The fraction of sp³-hybridized carbons (Fsp3) is 0.357. The Balaban J connectivity index is 2.31. The summed E-state index contributed by atoms with van der Waals surface area (Å²) in [5.74, 6) is 0. The van der Waals surface area contributed by atoms with Gasteiger partial charge in [-0.25, -0.2) is 4.98 Å². The van der Waals surface area contributed by atoms with E-state index in [1.165, 1.54) is 10.4 Å². The van der Waals surface area contributed by atoms with Gasteiger partial charge in [0, 0.05) is 13.7 Å². The molecule has 0 spiro atoms. The number of nitrogens with one attached hydrogen (secondary N) is 1. The fourth-order valence-corrected chi connectivity index (χ4v) is 2.82. The van der Waals surface area contributed by atoms with Gasteiger partial charge >= 0.3 is 0 Å². The second-order valence-electron chi connectivity index (χ2n) is 3.96. The van der Waals surface area contributed by atoms with Crippen molar-refractivity contribution < 1.29 is 4.74 Å². The zero-order valence-corrected chi connectivity index (χ0v) is 11.6. The molecule has 96 valence electrons. The summed E-state index contributed by atoms with van der Waals surface area (Å²) in [7, 11) is 1.70. The van der Waals surface area contributed by atoms with Gasteiger partial charge < -0.3 is 10.1 Å². The van der Waals surface area contributed by atoms with Crippen LogP contribution in [0.25, 0.3) is 10.4 Å². The summed E-state index contributed by atoms with van der Waals surface area (Å²) in [6.07, 6.45) is 0. The lowest BCUT2D eigenvalue weighted by Crippen LogP contribution is -2.12. The smallest absolute Gasteiger partial charge is 0.119 e. The van der Waals surface area contributed by atoms with Gasteiger partial charge in [0.1, 0.15) is 5.01 Å². The molecule has 0 amide bonds. The predicted octanol–water partition coefficient (Wildman–Crippen LogP) is 3.07. The Morgan fingerprint density at radius 1 is 1.28 bits per heavy atom. The van der Waals surface area contributed by atoms with Crippen LogP contribution >= 0.6 is 11.3 Å². The first-order valence-corrected chi connectivity index (χ1v) is 6.90. The van der Waals surface area contributed by atoms with Crippen LogP contribution in [0.3, 0.4) is 0 Å². The Hall–Kier alpha value is -1.23. The highest BCUT2D eigenvalue weighted by Gasteiger charge is 2.12. The average Bonchev–Trinajstić information content (AvgIpc) is 2.81. The number of methoxy groups -OCH3 is 1. The lowest BCUT2D eigenvalue weighted by molar-refractivity contribution is 0.184. The van der Waals surface area contributed by atoms with E-state index in [0.717, 1.165) is 23.8 Å². The number of aromatic nitrogens is 1. The number of thiazole rings is 1. The molecule has 0 unspecified atom stereocenters. The number of hydrogen-bond donors (Lipinski definition) is 1. The van der Waals surface area contributed by atoms with Crippen molar-refractivity contribution in [3.63, 3.8) is 0 Å². The monoisotopic (exact) mass is 262 g/mol. The molecule has 0 saturated heterocycles. The minimum absolute atomic E-state index is 0.580. The number of benzene rings is 1. The Kier molecular flexibility index (Phi) is 4.87. The molecule has 0 bridgehead atoms. The van der Waals surface area contributed by atoms with Crippen molar-refractivity contribution in [1.82, 2.24) is 10.3 Å². The quantitative estimate of drug-likeness (QED) is 0.868. The molecule has 1 heterocycles. The van der Waals surface area contributed by atoms with Gasteiger partial charge in [-0.05, 0) is 12.1 Å². The maximum atomic E-state index is 5.16.